The molecule has 0 radical (unpaired) electrons. The number of hydrogen-bond acceptors (Lipinski definition) is 4. The van der Waals surface area contributed by atoms with Crippen LogP contribution in [0.15, 0.2) is 54.6 Å². The first-order chi connectivity index (χ1) is 13.5. The molecule has 2 amide bonds. The lowest BCUT2D eigenvalue weighted by molar-refractivity contribution is -0.121. The second-order valence-corrected chi connectivity index (χ2v) is 6.47. The van der Waals surface area contributed by atoms with Gasteiger partial charge in [-0.3, -0.25) is 25.8 Å². The number of ether oxygens (including phenoxy) is 1. The van der Waals surface area contributed by atoms with Crippen molar-refractivity contribution in [1.82, 2.24) is 16.2 Å². The molecule has 0 aliphatic heterocycles. The lowest BCUT2D eigenvalue weighted by atomic mass is 10.1. The van der Waals surface area contributed by atoms with Gasteiger partial charge in [0.15, 0.2) is 5.11 Å². The van der Waals surface area contributed by atoms with Crippen molar-refractivity contribution in [3.8, 4) is 5.75 Å². The molecule has 2 aromatic rings. The first-order valence-electron chi connectivity index (χ1n) is 8.51. The van der Waals surface area contributed by atoms with Crippen LogP contribution in [0.3, 0.4) is 0 Å². The van der Waals surface area contributed by atoms with Gasteiger partial charge >= 0.3 is 0 Å². The van der Waals surface area contributed by atoms with Crippen LogP contribution in [0.1, 0.15) is 18.1 Å². The van der Waals surface area contributed by atoms with Crippen LogP contribution in [0.5, 0.6) is 5.75 Å². The van der Waals surface area contributed by atoms with Crippen LogP contribution in [-0.4, -0.2) is 23.5 Å². The van der Waals surface area contributed by atoms with Crippen molar-refractivity contribution in [2.45, 2.75) is 13.3 Å². The summed E-state index contributed by atoms with van der Waals surface area (Å²) in [5, 5.41) is 3.04. The van der Waals surface area contributed by atoms with Crippen LogP contribution in [0.25, 0.3) is 6.08 Å². The second-order valence-electron chi connectivity index (χ2n) is 5.63. The van der Waals surface area contributed by atoms with Crippen molar-refractivity contribution in [3.05, 3.63) is 70.8 Å². The van der Waals surface area contributed by atoms with Crippen LogP contribution in [0, 0.1) is 0 Å². The van der Waals surface area contributed by atoms with Gasteiger partial charge in [-0.05, 0) is 60.6 Å². The number of benzene rings is 2. The van der Waals surface area contributed by atoms with Gasteiger partial charge in [-0.25, -0.2) is 0 Å². The molecule has 2 rings (SSSR count). The molecule has 8 heteroatoms. The van der Waals surface area contributed by atoms with E-state index in [9.17, 15) is 9.59 Å². The number of carbonyl (C=O) groups is 2. The Balaban J connectivity index is 1.73. The molecule has 0 atom stereocenters. The molecule has 0 saturated carbocycles. The van der Waals surface area contributed by atoms with E-state index >= 15 is 0 Å². The van der Waals surface area contributed by atoms with E-state index in [1.807, 2.05) is 31.2 Å². The fraction of sp³-hybridized carbons (Fsp3) is 0.150. The molecule has 0 aliphatic carbocycles. The number of rotatable bonds is 6. The zero-order valence-corrected chi connectivity index (χ0v) is 16.8. The van der Waals surface area contributed by atoms with E-state index in [0.717, 1.165) is 16.9 Å². The summed E-state index contributed by atoms with van der Waals surface area (Å²) in [4.78, 5) is 23.8. The van der Waals surface area contributed by atoms with E-state index < -0.39 is 5.91 Å². The molecule has 0 aliphatic rings. The van der Waals surface area contributed by atoms with E-state index in [4.69, 9.17) is 28.6 Å². The SMILES string of the molecule is CCOc1ccc(/C=C/C(=O)NC(=S)NNC(=O)Cc2ccc(Cl)cc2)cc1. The molecule has 2 aromatic carbocycles. The topological polar surface area (TPSA) is 79.5 Å². The van der Waals surface area contributed by atoms with Gasteiger partial charge in [0.25, 0.3) is 0 Å². The van der Waals surface area contributed by atoms with Crippen LogP contribution in [0.4, 0.5) is 0 Å². The fourth-order valence-corrected chi connectivity index (χ4v) is 2.43. The molecule has 3 N–H and O–H groups in total. The molecule has 0 aromatic heterocycles. The van der Waals surface area contributed by atoms with Gasteiger partial charge in [0, 0.05) is 11.1 Å². The van der Waals surface area contributed by atoms with Crippen LogP contribution in [-0.2, 0) is 16.0 Å². The number of amides is 2. The summed E-state index contributed by atoms with van der Waals surface area (Å²) in [6.45, 7) is 2.51. The third-order valence-electron chi connectivity index (χ3n) is 3.45. The Morgan fingerprint density at radius 3 is 2.39 bits per heavy atom. The van der Waals surface area contributed by atoms with Gasteiger partial charge < -0.3 is 4.74 Å². The summed E-state index contributed by atoms with van der Waals surface area (Å²) in [5.41, 5.74) is 6.56. The Morgan fingerprint density at radius 1 is 1.07 bits per heavy atom. The Hall–Kier alpha value is -2.90. The number of carbonyl (C=O) groups excluding carboxylic acids is 2. The summed E-state index contributed by atoms with van der Waals surface area (Å²) in [6.07, 6.45) is 3.14. The highest BCUT2D eigenvalue weighted by atomic mass is 35.5. The summed E-state index contributed by atoms with van der Waals surface area (Å²) in [5.74, 6) is 0.0472. The highest BCUT2D eigenvalue weighted by molar-refractivity contribution is 7.80. The van der Waals surface area contributed by atoms with Crippen molar-refractivity contribution >= 4 is 46.8 Å². The lowest BCUT2D eigenvalue weighted by Gasteiger charge is -2.09. The van der Waals surface area contributed by atoms with Gasteiger partial charge in [-0.1, -0.05) is 35.9 Å². The fourth-order valence-electron chi connectivity index (χ4n) is 2.16. The molecule has 28 heavy (non-hydrogen) atoms. The Kier molecular flexibility index (Phi) is 8.45. The largest absolute Gasteiger partial charge is 0.494 e. The molecule has 0 bridgehead atoms. The minimum absolute atomic E-state index is 0.00852. The molecular weight excluding hydrogens is 398 g/mol. The van der Waals surface area contributed by atoms with Gasteiger partial charge in [-0.2, -0.15) is 0 Å². The molecule has 6 nitrogen and oxygen atoms in total. The minimum atomic E-state index is -0.418. The van der Waals surface area contributed by atoms with Crippen LogP contribution in [0.2, 0.25) is 5.02 Å². The first kappa shape index (κ1) is 21.4. The third-order valence-corrected chi connectivity index (χ3v) is 3.90. The van der Waals surface area contributed by atoms with Crippen LogP contribution < -0.4 is 20.9 Å². The predicted molar refractivity (Wildman–Crippen MR) is 114 cm³/mol. The zero-order valence-electron chi connectivity index (χ0n) is 15.2. The van der Waals surface area contributed by atoms with Gasteiger partial charge in [0.1, 0.15) is 5.75 Å². The highest BCUT2D eigenvalue weighted by Gasteiger charge is 2.05. The molecule has 0 unspecified atom stereocenters. The number of halogens is 1. The number of hydrogen-bond donors (Lipinski definition) is 3. The van der Waals surface area contributed by atoms with E-state index in [-0.39, 0.29) is 17.4 Å². The quantitative estimate of drug-likeness (QED) is 0.382. The minimum Gasteiger partial charge on any atom is -0.494 e. The Labute approximate surface area is 173 Å². The van der Waals surface area contributed by atoms with Gasteiger partial charge in [0.05, 0.1) is 13.0 Å². The smallest absolute Gasteiger partial charge is 0.250 e. The summed E-state index contributed by atoms with van der Waals surface area (Å²) >= 11 is 10.8. The molecular formula is C20H20ClN3O3S. The average Bonchev–Trinajstić information content (AvgIpc) is 2.68. The normalized spacial score (nSPS) is 10.4. The monoisotopic (exact) mass is 417 g/mol. The van der Waals surface area contributed by atoms with Gasteiger partial charge in [-0.15, -0.1) is 0 Å². The molecule has 0 saturated heterocycles. The maximum Gasteiger partial charge on any atom is 0.250 e. The Bertz CT molecular complexity index is 852. The van der Waals surface area contributed by atoms with Crippen LogP contribution >= 0.6 is 23.8 Å². The standard InChI is InChI=1S/C20H20ClN3O3S/c1-2-27-17-10-5-14(6-11-17)7-12-18(25)22-20(28)24-23-19(26)13-15-3-8-16(21)9-4-15/h3-12H,2,13H2,1H3,(H,23,26)(H2,22,24,25,28)/b12-7+. The molecule has 146 valence electrons. The summed E-state index contributed by atoms with van der Waals surface area (Å²) < 4.78 is 5.36. The number of nitrogens with one attached hydrogen (secondary N) is 3. The van der Waals surface area contributed by atoms with Crippen molar-refractivity contribution < 1.29 is 14.3 Å². The summed E-state index contributed by atoms with van der Waals surface area (Å²) in [7, 11) is 0. The Morgan fingerprint density at radius 2 is 1.75 bits per heavy atom. The van der Waals surface area contributed by atoms with Crippen molar-refractivity contribution in [1.29, 1.82) is 0 Å². The van der Waals surface area contributed by atoms with E-state index in [0.29, 0.717) is 11.6 Å². The second kappa shape index (κ2) is 11.1. The maximum atomic E-state index is 11.9. The van der Waals surface area contributed by atoms with E-state index in [1.54, 1.807) is 30.3 Å². The molecule has 0 heterocycles. The highest BCUT2D eigenvalue weighted by Crippen LogP contribution is 2.13. The van der Waals surface area contributed by atoms with E-state index in [1.165, 1.54) is 6.08 Å². The molecule has 0 fully saturated rings. The third kappa shape index (κ3) is 7.77. The first-order valence-corrected chi connectivity index (χ1v) is 9.30. The van der Waals surface area contributed by atoms with Crippen molar-refractivity contribution in [3.63, 3.8) is 0 Å². The summed E-state index contributed by atoms with van der Waals surface area (Å²) in [6, 6.07) is 14.2. The molecule has 0 spiro atoms. The van der Waals surface area contributed by atoms with E-state index in [2.05, 4.69) is 16.2 Å². The van der Waals surface area contributed by atoms with Crippen molar-refractivity contribution in [2.75, 3.05) is 6.61 Å². The number of thiocarbonyl (C=S) groups is 1. The van der Waals surface area contributed by atoms with Gasteiger partial charge in [0.2, 0.25) is 11.8 Å². The zero-order chi connectivity index (χ0) is 20.4. The average molecular weight is 418 g/mol. The maximum absolute atomic E-state index is 11.9. The van der Waals surface area contributed by atoms with Crippen molar-refractivity contribution in [2.24, 2.45) is 0 Å². The predicted octanol–water partition coefficient (Wildman–Crippen LogP) is 3.02. The number of hydrazine groups is 1. The lowest BCUT2D eigenvalue weighted by Crippen LogP contribution is -2.48.